The molecule has 0 spiro atoms. The lowest BCUT2D eigenvalue weighted by Gasteiger charge is -2.04. The van der Waals surface area contributed by atoms with E-state index in [-0.39, 0.29) is 16.8 Å². The van der Waals surface area contributed by atoms with Crippen LogP contribution < -0.4 is 10.8 Å². The lowest BCUT2D eigenvalue weighted by atomic mass is 10.2. The Morgan fingerprint density at radius 2 is 1.71 bits per heavy atom. The van der Waals surface area contributed by atoms with Gasteiger partial charge in [-0.2, -0.15) is 0 Å². The smallest absolute Gasteiger partial charge is 0.335 e. The Bertz CT molecular complexity index is 726. The fraction of sp³-hybridized carbons (Fsp3) is 0.143. The van der Waals surface area contributed by atoms with Gasteiger partial charge in [-0.3, -0.25) is 4.79 Å². The highest BCUT2D eigenvalue weighted by molar-refractivity contribution is 7.69. The van der Waals surface area contributed by atoms with Gasteiger partial charge in [-0.15, -0.1) is 0 Å². The molecule has 0 saturated heterocycles. The quantitative estimate of drug-likeness (QED) is 0.846. The predicted molar refractivity (Wildman–Crippen MR) is 79.2 cm³/mol. The van der Waals surface area contributed by atoms with E-state index < -0.39 is 19.0 Å². The summed E-state index contributed by atoms with van der Waals surface area (Å²) in [6.07, 6.45) is 0. The standard InChI is InChI=1S/C14H14NO5P/c1-21(2,19)12-8-7-11(20-12)13(16)15-10-5-3-9(4-6-10)14(17)18/h3-8H,1-2H3,(H,15,16)(H,17,18). The maximum Gasteiger partial charge on any atom is 0.335 e. The lowest BCUT2D eigenvalue weighted by Crippen LogP contribution is -2.11. The molecule has 0 unspecified atom stereocenters. The first kappa shape index (κ1) is 15.1. The van der Waals surface area contributed by atoms with E-state index in [1.54, 1.807) is 13.3 Å². The molecule has 0 atom stereocenters. The van der Waals surface area contributed by atoms with E-state index in [1.807, 2.05) is 0 Å². The topological polar surface area (TPSA) is 96.6 Å². The summed E-state index contributed by atoms with van der Waals surface area (Å²) in [6.45, 7) is 3.11. The largest absolute Gasteiger partial charge is 0.478 e. The van der Waals surface area contributed by atoms with Crippen molar-refractivity contribution in [3.8, 4) is 0 Å². The number of carboxylic acid groups (broad SMARTS) is 1. The van der Waals surface area contributed by atoms with E-state index in [4.69, 9.17) is 9.52 Å². The van der Waals surface area contributed by atoms with Gasteiger partial charge in [0.25, 0.3) is 5.91 Å². The summed E-state index contributed by atoms with van der Waals surface area (Å²) in [7, 11) is -2.55. The van der Waals surface area contributed by atoms with Crippen molar-refractivity contribution >= 4 is 30.2 Å². The molecular formula is C14H14NO5P. The molecule has 6 nitrogen and oxygen atoms in total. The van der Waals surface area contributed by atoms with Gasteiger partial charge in [0.15, 0.2) is 11.3 Å². The Morgan fingerprint density at radius 1 is 1.10 bits per heavy atom. The summed E-state index contributed by atoms with van der Waals surface area (Å²) in [5.41, 5.74) is 0.860. The van der Waals surface area contributed by atoms with Gasteiger partial charge in [0.05, 0.1) is 5.56 Å². The molecule has 0 saturated carbocycles. The number of benzene rings is 1. The third-order valence-electron chi connectivity index (χ3n) is 2.74. The van der Waals surface area contributed by atoms with Crippen LogP contribution in [0, 0.1) is 0 Å². The number of hydrogen-bond acceptors (Lipinski definition) is 4. The monoisotopic (exact) mass is 307 g/mol. The molecule has 0 aliphatic heterocycles. The molecule has 110 valence electrons. The first-order chi connectivity index (χ1) is 9.77. The number of aromatic carboxylic acids is 1. The van der Waals surface area contributed by atoms with E-state index in [0.717, 1.165) is 0 Å². The van der Waals surface area contributed by atoms with Crippen LogP contribution >= 0.6 is 7.14 Å². The summed E-state index contributed by atoms with van der Waals surface area (Å²) >= 11 is 0. The number of anilines is 1. The number of rotatable bonds is 4. The highest BCUT2D eigenvalue weighted by Crippen LogP contribution is 2.35. The predicted octanol–water partition coefficient (Wildman–Crippen LogP) is 2.48. The van der Waals surface area contributed by atoms with Crippen molar-refractivity contribution in [2.24, 2.45) is 0 Å². The Balaban J connectivity index is 2.12. The number of furan rings is 1. The van der Waals surface area contributed by atoms with Crippen molar-refractivity contribution in [1.29, 1.82) is 0 Å². The molecule has 7 heteroatoms. The van der Waals surface area contributed by atoms with Crippen molar-refractivity contribution in [1.82, 2.24) is 0 Å². The Morgan fingerprint density at radius 3 is 2.19 bits per heavy atom. The second-order valence-electron chi connectivity index (χ2n) is 4.83. The van der Waals surface area contributed by atoms with Crippen LogP contribution in [0.5, 0.6) is 0 Å². The van der Waals surface area contributed by atoms with Crippen molar-refractivity contribution in [3.63, 3.8) is 0 Å². The van der Waals surface area contributed by atoms with Gasteiger partial charge >= 0.3 is 5.97 Å². The van der Waals surface area contributed by atoms with Crippen LogP contribution in [0.4, 0.5) is 5.69 Å². The van der Waals surface area contributed by atoms with Crippen molar-refractivity contribution in [3.05, 3.63) is 47.7 Å². The molecule has 2 aromatic rings. The number of carbonyl (C=O) groups is 2. The van der Waals surface area contributed by atoms with Gasteiger partial charge < -0.3 is 19.4 Å². The molecule has 0 aliphatic carbocycles. The minimum atomic E-state index is -2.55. The maximum atomic E-state index is 12.0. The van der Waals surface area contributed by atoms with E-state index >= 15 is 0 Å². The fourth-order valence-electron chi connectivity index (χ4n) is 1.63. The second-order valence-corrected chi connectivity index (χ2v) is 7.97. The van der Waals surface area contributed by atoms with Gasteiger partial charge in [0.2, 0.25) is 0 Å². The highest BCUT2D eigenvalue weighted by Gasteiger charge is 2.19. The number of carboxylic acids is 1. The summed E-state index contributed by atoms with van der Waals surface area (Å²) in [4.78, 5) is 22.7. The summed E-state index contributed by atoms with van der Waals surface area (Å²) < 4.78 is 17.1. The zero-order valence-electron chi connectivity index (χ0n) is 11.5. The van der Waals surface area contributed by atoms with Gasteiger partial charge in [0, 0.05) is 5.69 Å². The second kappa shape index (κ2) is 5.58. The van der Waals surface area contributed by atoms with Gasteiger partial charge in [0.1, 0.15) is 7.14 Å². The van der Waals surface area contributed by atoms with Crippen LogP contribution in [0.1, 0.15) is 20.9 Å². The minimum absolute atomic E-state index is 0.0521. The average Bonchev–Trinajstić information content (AvgIpc) is 2.88. The van der Waals surface area contributed by atoms with Crippen LogP contribution in [0.3, 0.4) is 0 Å². The normalized spacial score (nSPS) is 11.1. The molecule has 1 aromatic carbocycles. The average molecular weight is 307 g/mol. The van der Waals surface area contributed by atoms with Crippen LogP contribution in [-0.4, -0.2) is 30.3 Å². The third-order valence-corrected chi connectivity index (χ3v) is 4.04. The van der Waals surface area contributed by atoms with E-state index in [1.165, 1.54) is 36.4 Å². The number of nitrogens with one attached hydrogen (secondary N) is 1. The van der Waals surface area contributed by atoms with E-state index in [0.29, 0.717) is 5.69 Å². The van der Waals surface area contributed by atoms with Gasteiger partial charge in [-0.05, 0) is 49.7 Å². The van der Waals surface area contributed by atoms with Gasteiger partial charge in [-0.25, -0.2) is 4.79 Å². The van der Waals surface area contributed by atoms with E-state index in [9.17, 15) is 14.2 Å². The highest BCUT2D eigenvalue weighted by atomic mass is 31.2. The maximum absolute atomic E-state index is 12.0. The number of amides is 1. The van der Waals surface area contributed by atoms with Crippen LogP contribution in [-0.2, 0) is 4.57 Å². The lowest BCUT2D eigenvalue weighted by molar-refractivity contribution is 0.0696. The molecule has 0 radical (unpaired) electrons. The fourth-order valence-corrected chi connectivity index (χ4v) is 2.38. The Labute approximate surface area is 121 Å². The van der Waals surface area contributed by atoms with Crippen molar-refractivity contribution < 1.29 is 23.7 Å². The first-order valence-corrected chi connectivity index (χ1v) is 8.67. The molecule has 1 heterocycles. The number of carbonyl (C=O) groups excluding carboxylic acids is 1. The van der Waals surface area contributed by atoms with Crippen LogP contribution in [0.2, 0.25) is 0 Å². The molecule has 0 bridgehead atoms. The molecule has 1 amide bonds. The van der Waals surface area contributed by atoms with Crippen molar-refractivity contribution in [2.45, 2.75) is 0 Å². The molecular weight excluding hydrogens is 293 g/mol. The number of hydrogen-bond donors (Lipinski definition) is 2. The minimum Gasteiger partial charge on any atom is -0.478 e. The molecule has 0 fully saturated rings. The van der Waals surface area contributed by atoms with E-state index in [2.05, 4.69) is 5.32 Å². The summed E-state index contributed by atoms with van der Waals surface area (Å²) in [5.74, 6) is -1.47. The molecule has 21 heavy (non-hydrogen) atoms. The Hall–Kier alpha value is -2.33. The SMILES string of the molecule is CP(C)(=O)c1ccc(C(=O)Nc2ccc(C(=O)O)cc2)o1. The molecule has 0 aliphatic rings. The zero-order chi connectivity index (χ0) is 15.6. The molecule has 1 aromatic heterocycles. The first-order valence-electron chi connectivity index (χ1n) is 6.07. The molecule has 2 rings (SSSR count). The van der Waals surface area contributed by atoms with Crippen LogP contribution in [0.25, 0.3) is 0 Å². The summed E-state index contributed by atoms with van der Waals surface area (Å²) in [6, 6.07) is 8.71. The zero-order valence-corrected chi connectivity index (χ0v) is 12.4. The van der Waals surface area contributed by atoms with Crippen LogP contribution in [0.15, 0.2) is 40.8 Å². The van der Waals surface area contributed by atoms with Gasteiger partial charge in [-0.1, -0.05) is 0 Å². The van der Waals surface area contributed by atoms with Crippen molar-refractivity contribution in [2.75, 3.05) is 18.6 Å². The summed E-state index contributed by atoms with van der Waals surface area (Å²) in [5, 5.41) is 11.4. The Kier molecular flexibility index (Phi) is 4.00. The third kappa shape index (κ3) is 3.61. The molecule has 2 N–H and O–H groups in total.